The second-order valence-electron chi connectivity index (χ2n) is 6.86. The number of nitrogens with two attached hydrogens (primary N) is 1. The van der Waals surface area contributed by atoms with E-state index >= 15 is 0 Å². The third-order valence-corrected chi connectivity index (χ3v) is 4.53. The first-order valence-corrected chi connectivity index (χ1v) is 10.8. The van der Waals surface area contributed by atoms with Crippen LogP contribution in [0.4, 0.5) is 0 Å². The van der Waals surface area contributed by atoms with Gasteiger partial charge >= 0.3 is 0 Å². The van der Waals surface area contributed by atoms with Crippen LogP contribution in [0.2, 0.25) is 0 Å². The molecular weight excluding hydrogens is 480 g/mol. The number of primary amides is 1. The molecule has 1 heterocycles. The van der Waals surface area contributed by atoms with E-state index in [0.29, 0.717) is 29.4 Å². The van der Waals surface area contributed by atoms with Gasteiger partial charge in [0.1, 0.15) is 30.5 Å². The zero-order valence-electron chi connectivity index (χ0n) is 20.1. The van der Waals surface area contributed by atoms with E-state index in [1.165, 1.54) is 12.5 Å². The lowest BCUT2D eigenvalue weighted by Crippen LogP contribution is -2.11. The Morgan fingerprint density at radius 1 is 1.06 bits per heavy atom. The molecule has 192 valence electrons. The van der Waals surface area contributed by atoms with Crippen LogP contribution in [0.5, 0.6) is 5.75 Å². The molecule has 36 heavy (non-hydrogen) atoms. The molecule has 2 aromatic carbocycles. The van der Waals surface area contributed by atoms with Crippen LogP contribution in [-0.4, -0.2) is 29.0 Å². The first-order valence-electron chi connectivity index (χ1n) is 10.3. The number of allylic oxidation sites excluding steroid dienone is 2. The van der Waals surface area contributed by atoms with Gasteiger partial charge in [0, 0.05) is 22.6 Å². The van der Waals surface area contributed by atoms with Crippen LogP contribution in [-0.2, 0) is 22.7 Å². The highest BCUT2D eigenvalue weighted by atomic mass is 32.1. The average molecular weight is 513 g/mol. The SMILES string of the molecule is C=C/C(=C\C(=C)OCc1ccc(C(N)=O)cc1OC)OCc1ccc2ccccc2n1.C=CS.O.O. The van der Waals surface area contributed by atoms with Crippen molar-refractivity contribution >= 4 is 29.4 Å². The Labute approximate surface area is 216 Å². The minimum absolute atomic E-state index is 0. The van der Waals surface area contributed by atoms with Gasteiger partial charge < -0.3 is 30.9 Å². The van der Waals surface area contributed by atoms with E-state index in [2.05, 4.69) is 37.3 Å². The van der Waals surface area contributed by atoms with Crippen molar-refractivity contribution in [1.82, 2.24) is 4.98 Å². The second kappa shape index (κ2) is 16.6. The number of fused-ring (bicyclic) bond motifs is 1. The monoisotopic (exact) mass is 512 g/mol. The summed E-state index contributed by atoms with van der Waals surface area (Å²) in [5.41, 5.74) is 8.14. The molecule has 3 rings (SSSR count). The predicted octanol–water partition coefficient (Wildman–Crippen LogP) is 4.07. The number of ether oxygens (including phenoxy) is 3. The molecular formula is C27H32N2O6S. The fourth-order valence-corrected chi connectivity index (χ4v) is 2.89. The molecule has 8 nitrogen and oxygen atoms in total. The van der Waals surface area contributed by atoms with Crippen molar-refractivity contribution in [3.63, 3.8) is 0 Å². The number of benzene rings is 2. The summed E-state index contributed by atoms with van der Waals surface area (Å²) >= 11 is 3.55. The Morgan fingerprint density at radius 2 is 1.75 bits per heavy atom. The van der Waals surface area contributed by atoms with E-state index in [1.807, 2.05) is 36.4 Å². The molecule has 0 aliphatic carbocycles. The highest BCUT2D eigenvalue weighted by Crippen LogP contribution is 2.22. The van der Waals surface area contributed by atoms with Gasteiger partial charge in [-0.3, -0.25) is 4.79 Å². The molecule has 1 aromatic heterocycles. The maximum Gasteiger partial charge on any atom is 0.248 e. The van der Waals surface area contributed by atoms with E-state index < -0.39 is 5.91 Å². The van der Waals surface area contributed by atoms with Crippen molar-refractivity contribution < 1.29 is 30.0 Å². The minimum Gasteiger partial charge on any atom is -0.496 e. The Balaban J connectivity index is 0.00000233. The molecule has 0 bridgehead atoms. The predicted molar refractivity (Wildman–Crippen MR) is 147 cm³/mol. The van der Waals surface area contributed by atoms with Crippen molar-refractivity contribution in [2.75, 3.05) is 7.11 Å². The summed E-state index contributed by atoms with van der Waals surface area (Å²) < 4.78 is 16.8. The highest BCUT2D eigenvalue weighted by molar-refractivity contribution is 7.83. The first-order chi connectivity index (χ1) is 16.4. The molecule has 0 aliphatic heterocycles. The fraction of sp³-hybridized carbons (Fsp3) is 0.111. The number of para-hydroxylation sites is 1. The maximum absolute atomic E-state index is 11.3. The molecule has 0 aliphatic rings. The van der Waals surface area contributed by atoms with Crippen LogP contribution in [0.3, 0.4) is 0 Å². The zero-order valence-corrected chi connectivity index (χ0v) is 21.0. The highest BCUT2D eigenvalue weighted by Gasteiger charge is 2.09. The van der Waals surface area contributed by atoms with E-state index in [-0.39, 0.29) is 17.6 Å². The van der Waals surface area contributed by atoms with Crippen LogP contribution in [0.25, 0.3) is 10.9 Å². The Morgan fingerprint density at radius 3 is 2.39 bits per heavy atom. The number of carbonyl (C=O) groups excluding carboxylic acids is 1. The minimum atomic E-state index is -0.521. The van der Waals surface area contributed by atoms with Gasteiger partial charge in [0.25, 0.3) is 0 Å². The van der Waals surface area contributed by atoms with E-state index in [0.717, 1.165) is 22.2 Å². The lowest BCUT2D eigenvalue weighted by molar-refractivity contribution is 0.0999. The molecule has 9 heteroatoms. The summed E-state index contributed by atoms with van der Waals surface area (Å²) in [6.45, 7) is 11.4. The van der Waals surface area contributed by atoms with Gasteiger partial charge in [0.2, 0.25) is 5.91 Å². The fourth-order valence-electron chi connectivity index (χ4n) is 2.89. The number of amides is 1. The standard InChI is InChI=1S/C25H24N2O4.C2H4S.2H2O/c1-4-22(31-16-21-12-11-18-7-5-6-8-23(18)27-21)13-17(2)30-15-20-10-9-19(25(26)28)14-24(20)29-3;1-2-3;;/h4-14H,1-2,15-16H2,3H3,(H2,26,28);2-3H,1H2;2*1H2/b22-13+;;;. The molecule has 0 atom stereocenters. The number of carbonyl (C=O) groups is 1. The molecule has 1 amide bonds. The normalized spacial score (nSPS) is 9.89. The summed E-state index contributed by atoms with van der Waals surface area (Å²) in [6.07, 6.45) is 3.23. The largest absolute Gasteiger partial charge is 0.496 e. The number of aromatic nitrogens is 1. The number of hydrogen-bond donors (Lipinski definition) is 2. The van der Waals surface area contributed by atoms with Crippen molar-refractivity contribution in [3.8, 4) is 5.75 Å². The van der Waals surface area contributed by atoms with Crippen LogP contribution in [0.15, 0.2) is 103 Å². The van der Waals surface area contributed by atoms with Gasteiger partial charge in [-0.1, -0.05) is 50.1 Å². The Hall–Kier alpha value is -4.05. The number of rotatable bonds is 10. The van der Waals surface area contributed by atoms with Gasteiger partial charge in [0.05, 0.1) is 18.3 Å². The summed E-state index contributed by atoms with van der Waals surface area (Å²) in [6, 6.07) is 16.8. The van der Waals surface area contributed by atoms with Crippen LogP contribution in [0.1, 0.15) is 21.6 Å². The van der Waals surface area contributed by atoms with Gasteiger partial charge in [0.15, 0.2) is 0 Å². The van der Waals surface area contributed by atoms with Crippen LogP contribution >= 0.6 is 12.6 Å². The third kappa shape index (κ3) is 9.67. The smallest absolute Gasteiger partial charge is 0.248 e. The number of methoxy groups -OCH3 is 1. The van der Waals surface area contributed by atoms with Gasteiger partial charge in [-0.15, -0.1) is 0 Å². The van der Waals surface area contributed by atoms with Crippen molar-refractivity contribution in [2.24, 2.45) is 5.73 Å². The van der Waals surface area contributed by atoms with E-state index in [4.69, 9.17) is 19.9 Å². The number of thiol groups is 1. The van der Waals surface area contributed by atoms with Crippen molar-refractivity contribution in [3.05, 3.63) is 120 Å². The van der Waals surface area contributed by atoms with Gasteiger partial charge in [-0.05, 0) is 35.7 Å². The number of pyridine rings is 1. The quantitative estimate of drug-likeness (QED) is 0.239. The summed E-state index contributed by atoms with van der Waals surface area (Å²) in [5.74, 6) is 0.890. The summed E-state index contributed by atoms with van der Waals surface area (Å²) in [5, 5.41) is 2.52. The maximum atomic E-state index is 11.3. The molecule has 0 fully saturated rings. The molecule has 0 saturated heterocycles. The molecule has 0 saturated carbocycles. The summed E-state index contributed by atoms with van der Waals surface area (Å²) in [7, 11) is 1.52. The Kier molecular flexibility index (Phi) is 14.7. The van der Waals surface area contributed by atoms with Crippen LogP contribution < -0.4 is 10.5 Å². The first kappa shape index (κ1) is 32.0. The van der Waals surface area contributed by atoms with Gasteiger partial charge in [-0.25, -0.2) is 4.98 Å². The molecule has 0 unspecified atom stereocenters. The van der Waals surface area contributed by atoms with Crippen LogP contribution in [0, 0.1) is 0 Å². The average Bonchev–Trinajstić information content (AvgIpc) is 2.85. The lowest BCUT2D eigenvalue weighted by atomic mass is 10.1. The van der Waals surface area contributed by atoms with E-state index in [1.54, 1.807) is 30.4 Å². The summed E-state index contributed by atoms with van der Waals surface area (Å²) in [4.78, 5) is 15.9. The lowest BCUT2D eigenvalue weighted by Gasteiger charge is -2.12. The molecule has 6 N–H and O–H groups in total. The molecule has 3 aromatic rings. The van der Waals surface area contributed by atoms with Crippen molar-refractivity contribution in [2.45, 2.75) is 13.2 Å². The second-order valence-corrected chi connectivity index (χ2v) is 7.23. The number of hydrogen-bond acceptors (Lipinski definition) is 6. The molecule has 0 radical (unpaired) electrons. The zero-order chi connectivity index (χ0) is 24.9. The van der Waals surface area contributed by atoms with Gasteiger partial charge in [-0.2, -0.15) is 12.6 Å². The van der Waals surface area contributed by atoms with E-state index in [9.17, 15) is 4.79 Å². The van der Waals surface area contributed by atoms with Crippen molar-refractivity contribution in [1.29, 1.82) is 0 Å². The Bertz CT molecular complexity index is 1210. The molecule has 0 spiro atoms. The third-order valence-electron chi connectivity index (χ3n) is 4.53. The topological polar surface area (TPSA) is 147 Å². The number of nitrogens with zero attached hydrogens (tertiary/aromatic N) is 1.